The minimum absolute atomic E-state index is 0.180. The van der Waals surface area contributed by atoms with Crippen molar-refractivity contribution < 1.29 is 4.79 Å². The molecular formula is C15H17N5OS. The summed E-state index contributed by atoms with van der Waals surface area (Å²) in [7, 11) is 1.84. The summed E-state index contributed by atoms with van der Waals surface area (Å²) in [5.41, 5.74) is 2.99. The molecule has 0 bridgehead atoms. The second kappa shape index (κ2) is 5.49. The maximum atomic E-state index is 12.7. The van der Waals surface area contributed by atoms with Gasteiger partial charge in [0.15, 0.2) is 10.8 Å². The van der Waals surface area contributed by atoms with Gasteiger partial charge in [0.05, 0.1) is 16.6 Å². The molecule has 0 fully saturated rings. The summed E-state index contributed by atoms with van der Waals surface area (Å²) in [6, 6.07) is 1.85. The number of hydrogen-bond acceptors (Lipinski definition) is 5. The molecule has 22 heavy (non-hydrogen) atoms. The first-order valence-electron chi connectivity index (χ1n) is 7.02. The average molecular weight is 315 g/mol. The molecule has 0 aliphatic rings. The zero-order valence-corrected chi connectivity index (χ0v) is 13.7. The standard InChI is InChI=1S/C15H17N5OS/c1-8(2)11-7-10(14(21)18-15-16-5-6-22-15)12-9(3)19-20(4)13(12)17-11/h5-8H,1-4H3,(H,16,18,21). The molecule has 1 N–H and O–H groups in total. The molecule has 3 heterocycles. The number of fused-ring (bicyclic) bond motifs is 1. The van der Waals surface area contributed by atoms with Crippen LogP contribution in [0.3, 0.4) is 0 Å². The molecule has 0 spiro atoms. The summed E-state index contributed by atoms with van der Waals surface area (Å²) in [5, 5.41) is 10.4. The van der Waals surface area contributed by atoms with E-state index in [1.165, 1.54) is 11.3 Å². The fourth-order valence-corrected chi connectivity index (χ4v) is 2.91. The van der Waals surface area contributed by atoms with Crippen LogP contribution in [0.2, 0.25) is 0 Å². The third kappa shape index (κ3) is 2.48. The largest absolute Gasteiger partial charge is 0.298 e. The number of nitrogens with zero attached hydrogens (tertiary/aromatic N) is 4. The number of carbonyl (C=O) groups is 1. The van der Waals surface area contributed by atoms with Crippen molar-refractivity contribution in [3.8, 4) is 0 Å². The summed E-state index contributed by atoms with van der Waals surface area (Å²) in [5.74, 6) is 0.0476. The Labute approximate surface area is 132 Å². The van der Waals surface area contributed by atoms with Crippen molar-refractivity contribution in [1.82, 2.24) is 19.7 Å². The van der Waals surface area contributed by atoms with Gasteiger partial charge in [-0.15, -0.1) is 11.3 Å². The second-order valence-corrected chi connectivity index (χ2v) is 6.34. The molecule has 0 unspecified atom stereocenters. The first-order chi connectivity index (χ1) is 10.5. The molecule has 0 aromatic carbocycles. The van der Waals surface area contributed by atoms with Crippen molar-refractivity contribution in [3.63, 3.8) is 0 Å². The average Bonchev–Trinajstić information content (AvgIpc) is 3.07. The van der Waals surface area contributed by atoms with Crippen LogP contribution < -0.4 is 5.32 Å². The van der Waals surface area contributed by atoms with Crippen LogP contribution >= 0.6 is 11.3 Å². The van der Waals surface area contributed by atoms with E-state index in [-0.39, 0.29) is 11.8 Å². The van der Waals surface area contributed by atoms with E-state index in [0.717, 1.165) is 22.4 Å². The van der Waals surface area contributed by atoms with Crippen LogP contribution in [0.15, 0.2) is 17.6 Å². The number of amides is 1. The van der Waals surface area contributed by atoms with Crippen molar-refractivity contribution in [2.45, 2.75) is 26.7 Å². The fraction of sp³-hybridized carbons (Fsp3) is 0.333. The Morgan fingerprint density at radius 2 is 2.18 bits per heavy atom. The first kappa shape index (κ1) is 14.6. The lowest BCUT2D eigenvalue weighted by molar-refractivity contribution is 0.102. The van der Waals surface area contributed by atoms with E-state index in [1.54, 1.807) is 10.9 Å². The lowest BCUT2D eigenvalue weighted by Crippen LogP contribution is -2.14. The Hall–Kier alpha value is -2.28. The lowest BCUT2D eigenvalue weighted by atomic mass is 10.0. The molecule has 0 radical (unpaired) electrons. The summed E-state index contributed by atoms with van der Waals surface area (Å²) >= 11 is 1.39. The van der Waals surface area contributed by atoms with Crippen molar-refractivity contribution in [2.75, 3.05) is 5.32 Å². The highest BCUT2D eigenvalue weighted by Gasteiger charge is 2.20. The molecule has 3 aromatic rings. The molecule has 3 aromatic heterocycles. The fourth-order valence-electron chi connectivity index (χ4n) is 2.39. The molecule has 3 rings (SSSR count). The van der Waals surface area contributed by atoms with Gasteiger partial charge in [-0.3, -0.25) is 14.8 Å². The summed E-state index contributed by atoms with van der Waals surface area (Å²) in [4.78, 5) is 21.4. The number of hydrogen-bond donors (Lipinski definition) is 1. The lowest BCUT2D eigenvalue weighted by Gasteiger charge is -2.09. The van der Waals surface area contributed by atoms with Crippen LogP contribution in [0.25, 0.3) is 11.0 Å². The van der Waals surface area contributed by atoms with Crippen LogP contribution in [0.4, 0.5) is 5.13 Å². The number of carbonyl (C=O) groups excluding carboxylic acids is 1. The summed E-state index contributed by atoms with van der Waals surface area (Å²) < 4.78 is 1.72. The van der Waals surface area contributed by atoms with Crippen molar-refractivity contribution in [1.29, 1.82) is 0 Å². The Balaban J connectivity index is 2.16. The summed E-state index contributed by atoms with van der Waals surface area (Å²) in [6.07, 6.45) is 1.66. The molecule has 0 aliphatic carbocycles. The van der Waals surface area contributed by atoms with Gasteiger partial charge in [-0.1, -0.05) is 13.8 Å². The van der Waals surface area contributed by atoms with Gasteiger partial charge in [0.25, 0.3) is 5.91 Å². The highest BCUT2D eigenvalue weighted by molar-refractivity contribution is 7.13. The van der Waals surface area contributed by atoms with Crippen LogP contribution in [0, 0.1) is 6.92 Å². The first-order valence-corrected chi connectivity index (χ1v) is 7.90. The number of aromatic nitrogens is 4. The van der Waals surface area contributed by atoms with E-state index in [0.29, 0.717) is 10.7 Å². The normalized spacial score (nSPS) is 11.3. The Bertz CT molecular complexity index is 835. The van der Waals surface area contributed by atoms with Gasteiger partial charge in [0.2, 0.25) is 0 Å². The number of anilines is 1. The predicted molar refractivity (Wildman–Crippen MR) is 87.4 cm³/mol. The highest BCUT2D eigenvalue weighted by Crippen LogP contribution is 2.25. The molecule has 0 saturated carbocycles. The van der Waals surface area contributed by atoms with Gasteiger partial charge in [-0.2, -0.15) is 5.10 Å². The molecule has 114 valence electrons. The summed E-state index contributed by atoms with van der Waals surface area (Å²) in [6.45, 7) is 6.00. The zero-order chi connectivity index (χ0) is 15.9. The van der Waals surface area contributed by atoms with Crippen LogP contribution in [-0.4, -0.2) is 25.7 Å². The third-order valence-electron chi connectivity index (χ3n) is 3.48. The smallest absolute Gasteiger partial charge is 0.258 e. The van der Waals surface area contributed by atoms with E-state index in [9.17, 15) is 4.79 Å². The Kier molecular flexibility index (Phi) is 3.66. The predicted octanol–water partition coefficient (Wildman–Crippen LogP) is 3.11. The number of thiazole rings is 1. The second-order valence-electron chi connectivity index (χ2n) is 5.45. The number of aryl methyl sites for hydroxylation is 2. The van der Waals surface area contributed by atoms with Crippen molar-refractivity contribution >= 4 is 33.4 Å². The topological polar surface area (TPSA) is 72.7 Å². The highest BCUT2D eigenvalue weighted by atomic mass is 32.1. The van der Waals surface area contributed by atoms with Gasteiger partial charge >= 0.3 is 0 Å². The third-order valence-corrected chi connectivity index (χ3v) is 4.17. The molecule has 0 saturated heterocycles. The van der Waals surface area contributed by atoms with Gasteiger partial charge in [-0.05, 0) is 18.9 Å². The molecule has 6 nitrogen and oxygen atoms in total. The van der Waals surface area contributed by atoms with Gasteiger partial charge in [0, 0.05) is 24.3 Å². The van der Waals surface area contributed by atoms with Crippen LogP contribution in [0.1, 0.15) is 41.5 Å². The van der Waals surface area contributed by atoms with Gasteiger partial charge in [0.1, 0.15) is 0 Å². The molecule has 7 heteroatoms. The maximum Gasteiger partial charge on any atom is 0.258 e. The quantitative estimate of drug-likeness (QED) is 0.806. The minimum atomic E-state index is -0.180. The van der Waals surface area contributed by atoms with E-state index in [4.69, 9.17) is 0 Å². The number of pyridine rings is 1. The number of rotatable bonds is 3. The Morgan fingerprint density at radius 3 is 2.82 bits per heavy atom. The van der Waals surface area contributed by atoms with Crippen LogP contribution in [-0.2, 0) is 7.05 Å². The minimum Gasteiger partial charge on any atom is -0.298 e. The zero-order valence-electron chi connectivity index (χ0n) is 12.9. The van der Waals surface area contributed by atoms with Crippen LogP contribution in [0.5, 0.6) is 0 Å². The SMILES string of the molecule is Cc1nn(C)c2nc(C(C)C)cc(C(=O)Nc3nccs3)c12. The Morgan fingerprint density at radius 1 is 1.41 bits per heavy atom. The monoisotopic (exact) mass is 315 g/mol. The molecular weight excluding hydrogens is 298 g/mol. The number of nitrogens with one attached hydrogen (secondary N) is 1. The molecule has 1 amide bonds. The van der Waals surface area contributed by atoms with Gasteiger partial charge in [-0.25, -0.2) is 9.97 Å². The van der Waals surface area contributed by atoms with Crippen molar-refractivity contribution in [2.24, 2.45) is 7.05 Å². The molecule has 0 aliphatic heterocycles. The molecule has 0 atom stereocenters. The van der Waals surface area contributed by atoms with E-state index in [1.807, 2.05) is 25.4 Å². The van der Waals surface area contributed by atoms with Gasteiger partial charge < -0.3 is 0 Å². The van der Waals surface area contributed by atoms with E-state index >= 15 is 0 Å². The maximum absolute atomic E-state index is 12.7. The van der Waals surface area contributed by atoms with E-state index in [2.05, 4.69) is 34.2 Å². The van der Waals surface area contributed by atoms with Crippen molar-refractivity contribution in [3.05, 3.63) is 34.6 Å². The van der Waals surface area contributed by atoms with E-state index < -0.39 is 0 Å².